The molecule has 0 bridgehead atoms. The van der Waals surface area contributed by atoms with Gasteiger partial charge < -0.3 is 4.74 Å². The Morgan fingerprint density at radius 1 is 1.18 bits per heavy atom. The van der Waals surface area contributed by atoms with Gasteiger partial charge in [0.2, 0.25) is 5.13 Å². The van der Waals surface area contributed by atoms with Crippen molar-refractivity contribution >= 4 is 34.1 Å². The molecule has 0 aliphatic carbocycles. The molecule has 5 nitrogen and oxygen atoms in total. The van der Waals surface area contributed by atoms with Gasteiger partial charge in [-0.25, -0.2) is 0 Å². The third-order valence-corrected chi connectivity index (χ3v) is 6.14. The van der Waals surface area contributed by atoms with Crippen LogP contribution in [0.3, 0.4) is 0 Å². The summed E-state index contributed by atoms with van der Waals surface area (Å²) in [7, 11) is 0. The van der Waals surface area contributed by atoms with Gasteiger partial charge in [0, 0.05) is 5.75 Å². The van der Waals surface area contributed by atoms with E-state index in [0.29, 0.717) is 10.9 Å². The molecular weight excluding hydrogens is 390 g/mol. The molecule has 146 valence electrons. The van der Waals surface area contributed by atoms with Crippen molar-refractivity contribution in [3.8, 4) is 5.75 Å². The van der Waals surface area contributed by atoms with E-state index in [-0.39, 0.29) is 5.91 Å². The van der Waals surface area contributed by atoms with Crippen LogP contribution in [0.25, 0.3) is 0 Å². The maximum absolute atomic E-state index is 12.4. The van der Waals surface area contributed by atoms with Crippen molar-refractivity contribution in [1.29, 1.82) is 0 Å². The largest absolute Gasteiger partial charge is 0.481 e. The Hall–Kier alpha value is -2.38. The van der Waals surface area contributed by atoms with Gasteiger partial charge in [-0.05, 0) is 43.5 Å². The molecule has 1 amide bonds. The van der Waals surface area contributed by atoms with Crippen molar-refractivity contribution in [1.82, 2.24) is 10.2 Å². The van der Waals surface area contributed by atoms with Gasteiger partial charge in [0.1, 0.15) is 5.75 Å². The zero-order valence-electron chi connectivity index (χ0n) is 16.1. The number of amides is 1. The van der Waals surface area contributed by atoms with E-state index >= 15 is 0 Å². The van der Waals surface area contributed by atoms with Crippen molar-refractivity contribution in [2.45, 2.75) is 43.4 Å². The molecule has 1 heterocycles. The minimum absolute atomic E-state index is 0.244. The van der Waals surface area contributed by atoms with Crippen LogP contribution in [0.5, 0.6) is 5.75 Å². The number of aryl methyl sites for hydroxylation is 2. The molecule has 1 N–H and O–H groups in total. The normalized spacial score (nSPS) is 11.8. The lowest BCUT2D eigenvalue weighted by atomic mass is 10.2. The average Bonchev–Trinajstić information content (AvgIpc) is 3.14. The van der Waals surface area contributed by atoms with Gasteiger partial charge in [-0.2, -0.15) is 0 Å². The fourth-order valence-corrected chi connectivity index (χ4v) is 4.23. The SMILES string of the molecule is CCc1ccc(OC(C)C(=O)Nc2nnc(SCc3cccc(C)c3)s2)cc1. The van der Waals surface area contributed by atoms with Crippen LogP contribution in [-0.2, 0) is 17.0 Å². The first kappa shape index (κ1) is 20.4. The van der Waals surface area contributed by atoms with E-state index in [1.165, 1.54) is 28.0 Å². The van der Waals surface area contributed by atoms with Crippen LogP contribution in [0.2, 0.25) is 0 Å². The molecule has 0 radical (unpaired) electrons. The standard InChI is InChI=1S/C21H23N3O2S2/c1-4-16-8-10-18(11-9-16)26-15(3)19(25)22-20-23-24-21(28-20)27-13-17-7-5-6-14(2)12-17/h5-12,15H,4,13H2,1-3H3,(H,22,23,25). The Labute approximate surface area is 173 Å². The molecule has 1 aromatic heterocycles. The third-order valence-electron chi connectivity index (χ3n) is 4.10. The Balaban J connectivity index is 1.51. The summed E-state index contributed by atoms with van der Waals surface area (Å²) < 4.78 is 6.53. The number of aromatic nitrogens is 2. The highest BCUT2D eigenvalue weighted by Crippen LogP contribution is 2.28. The first-order valence-electron chi connectivity index (χ1n) is 9.12. The van der Waals surface area contributed by atoms with Gasteiger partial charge in [-0.15, -0.1) is 10.2 Å². The predicted octanol–water partition coefficient (Wildman–Crippen LogP) is 5.11. The summed E-state index contributed by atoms with van der Waals surface area (Å²) in [6, 6.07) is 16.1. The van der Waals surface area contributed by atoms with Crippen LogP contribution in [0.15, 0.2) is 52.9 Å². The highest BCUT2D eigenvalue weighted by molar-refractivity contribution is 8.00. The molecule has 0 fully saturated rings. The number of ether oxygens (including phenoxy) is 1. The molecule has 0 aliphatic rings. The minimum Gasteiger partial charge on any atom is -0.481 e. The number of nitrogens with zero attached hydrogens (tertiary/aromatic N) is 2. The monoisotopic (exact) mass is 413 g/mol. The van der Waals surface area contributed by atoms with E-state index in [4.69, 9.17) is 4.74 Å². The number of anilines is 1. The average molecular weight is 414 g/mol. The van der Waals surface area contributed by atoms with E-state index < -0.39 is 6.10 Å². The number of hydrogen-bond donors (Lipinski definition) is 1. The smallest absolute Gasteiger partial charge is 0.266 e. The second-order valence-electron chi connectivity index (χ2n) is 6.40. The molecule has 0 saturated heterocycles. The summed E-state index contributed by atoms with van der Waals surface area (Å²) in [5, 5.41) is 11.5. The van der Waals surface area contributed by atoms with E-state index in [2.05, 4.69) is 47.6 Å². The summed E-state index contributed by atoms with van der Waals surface area (Å²) in [4.78, 5) is 12.4. The number of rotatable bonds is 8. The van der Waals surface area contributed by atoms with Crippen LogP contribution in [-0.4, -0.2) is 22.2 Å². The first-order valence-corrected chi connectivity index (χ1v) is 10.9. The summed E-state index contributed by atoms with van der Waals surface area (Å²) in [6.45, 7) is 5.90. The van der Waals surface area contributed by atoms with Crippen molar-refractivity contribution in [2.75, 3.05) is 5.32 Å². The summed E-state index contributed by atoms with van der Waals surface area (Å²) in [5.41, 5.74) is 3.71. The number of benzene rings is 2. The Morgan fingerprint density at radius 2 is 1.96 bits per heavy atom. The number of thioether (sulfide) groups is 1. The Morgan fingerprint density at radius 3 is 2.68 bits per heavy atom. The topological polar surface area (TPSA) is 64.1 Å². The van der Waals surface area contributed by atoms with Crippen molar-refractivity contribution in [3.63, 3.8) is 0 Å². The van der Waals surface area contributed by atoms with Gasteiger partial charge in [-0.3, -0.25) is 10.1 Å². The van der Waals surface area contributed by atoms with Gasteiger partial charge in [0.25, 0.3) is 5.91 Å². The summed E-state index contributed by atoms with van der Waals surface area (Å²) in [6.07, 6.45) is 0.345. The highest BCUT2D eigenvalue weighted by atomic mass is 32.2. The molecule has 7 heteroatoms. The maximum atomic E-state index is 12.4. The Bertz CT molecular complexity index is 925. The number of hydrogen-bond acceptors (Lipinski definition) is 6. The molecule has 3 aromatic rings. The van der Waals surface area contributed by atoms with Gasteiger partial charge in [-0.1, -0.05) is 72.0 Å². The summed E-state index contributed by atoms with van der Waals surface area (Å²) >= 11 is 2.97. The molecular formula is C21H23N3O2S2. The van der Waals surface area contributed by atoms with Gasteiger partial charge in [0.05, 0.1) is 0 Å². The highest BCUT2D eigenvalue weighted by Gasteiger charge is 2.17. The van der Waals surface area contributed by atoms with Crippen LogP contribution < -0.4 is 10.1 Å². The second kappa shape index (κ2) is 9.71. The van der Waals surface area contributed by atoms with Gasteiger partial charge in [0.15, 0.2) is 10.4 Å². The molecule has 0 spiro atoms. The maximum Gasteiger partial charge on any atom is 0.266 e. The van der Waals surface area contributed by atoms with Crippen molar-refractivity contribution in [3.05, 3.63) is 65.2 Å². The van der Waals surface area contributed by atoms with E-state index in [1.807, 2.05) is 30.3 Å². The minimum atomic E-state index is -0.625. The lowest BCUT2D eigenvalue weighted by Gasteiger charge is -2.13. The molecule has 3 rings (SSSR count). The van der Waals surface area contributed by atoms with E-state index in [1.54, 1.807) is 18.7 Å². The zero-order chi connectivity index (χ0) is 19.9. The molecule has 0 saturated carbocycles. The van der Waals surface area contributed by atoms with Crippen LogP contribution >= 0.6 is 23.1 Å². The quantitative estimate of drug-likeness (QED) is 0.411. The zero-order valence-corrected chi connectivity index (χ0v) is 17.8. The molecule has 0 aliphatic heterocycles. The molecule has 1 unspecified atom stereocenters. The number of nitrogens with one attached hydrogen (secondary N) is 1. The van der Waals surface area contributed by atoms with E-state index in [9.17, 15) is 4.79 Å². The first-order chi connectivity index (χ1) is 13.5. The van der Waals surface area contributed by atoms with Crippen LogP contribution in [0.1, 0.15) is 30.5 Å². The molecule has 2 aromatic carbocycles. The van der Waals surface area contributed by atoms with E-state index in [0.717, 1.165) is 16.5 Å². The fourth-order valence-electron chi connectivity index (χ4n) is 2.53. The number of carbonyl (C=O) groups is 1. The number of carbonyl (C=O) groups excluding carboxylic acids is 1. The lowest BCUT2D eigenvalue weighted by Crippen LogP contribution is -2.30. The lowest BCUT2D eigenvalue weighted by molar-refractivity contribution is -0.122. The van der Waals surface area contributed by atoms with Gasteiger partial charge >= 0.3 is 0 Å². The third kappa shape index (κ3) is 5.81. The van der Waals surface area contributed by atoms with Crippen molar-refractivity contribution < 1.29 is 9.53 Å². The predicted molar refractivity (Wildman–Crippen MR) is 115 cm³/mol. The Kier molecular flexibility index (Phi) is 7.06. The molecule has 1 atom stereocenters. The van der Waals surface area contributed by atoms with Crippen LogP contribution in [0.4, 0.5) is 5.13 Å². The fraction of sp³-hybridized carbons (Fsp3) is 0.286. The van der Waals surface area contributed by atoms with Crippen molar-refractivity contribution in [2.24, 2.45) is 0 Å². The molecule has 28 heavy (non-hydrogen) atoms. The second-order valence-corrected chi connectivity index (χ2v) is 8.60. The summed E-state index contributed by atoms with van der Waals surface area (Å²) in [5.74, 6) is 1.25. The van der Waals surface area contributed by atoms with Crippen LogP contribution in [0, 0.1) is 6.92 Å².